The second-order valence-corrected chi connectivity index (χ2v) is 2.89. The summed E-state index contributed by atoms with van der Waals surface area (Å²) in [6.45, 7) is 0. The van der Waals surface area contributed by atoms with Gasteiger partial charge in [-0.2, -0.15) is 5.17 Å². The van der Waals surface area contributed by atoms with Crippen molar-refractivity contribution in [2.24, 2.45) is 5.84 Å². The van der Waals surface area contributed by atoms with E-state index < -0.39 is 0 Å². The van der Waals surface area contributed by atoms with E-state index in [4.69, 9.17) is 5.84 Å². The summed E-state index contributed by atoms with van der Waals surface area (Å²) in [5.74, 6) is 5.02. The van der Waals surface area contributed by atoms with Crippen molar-refractivity contribution in [3.05, 3.63) is 35.9 Å². The summed E-state index contributed by atoms with van der Waals surface area (Å²) in [7, 11) is 1.36. The SMILES string of the molecule is CON(N)C(=O)CCc1ccccc1.Cl. The number of hydrogen-bond donors (Lipinski definition) is 1. The van der Waals surface area contributed by atoms with Crippen molar-refractivity contribution in [3.8, 4) is 0 Å². The fourth-order valence-electron chi connectivity index (χ4n) is 1.11. The molecule has 0 bridgehead atoms. The number of benzene rings is 1. The normalized spacial score (nSPS) is 9.20. The summed E-state index contributed by atoms with van der Waals surface area (Å²) in [6.07, 6.45) is 1.03. The molecular formula is C10H15ClN2O2. The maximum absolute atomic E-state index is 11.2. The maximum Gasteiger partial charge on any atom is 0.261 e. The Hall–Kier alpha value is -1.10. The first-order chi connectivity index (χ1) is 6.74. The number of rotatable bonds is 4. The number of hydrogen-bond acceptors (Lipinski definition) is 3. The van der Waals surface area contributed by atoms with Gasteiger partial charge < -0.3 is 0 Å². The zero-order valence-electron chi connectivity index (χ0n) is 8.55. The fourth-order valence-corrected chi connectivity index (χ4v) is 1.11. The summed E-state index contributed by atoms with van der Waals surface area (Å²) in [4.78, 5) is 15.8. The van der Waals surface area contributed by atoms with Crippen LogP contribution in [-0.4, -0.2) is 18.2 Å². The van der Waals surface area contributed by atoms with Crippen molar-refractivity contribution in [2.75, 3.05) is 7.11 Å². The highest BCUT2D eigenvalue weighted by Gasteiger charge is 2.07. The molecule has 0 aromatic heterocycles. The Labute approximate surface area is 95.3 Å². The molecule has 0 aliphatic carbocycles. The smallest absolute Gasteiger partial charge is 0.261 e. The first-order valence-corrected chi connectivity index (χ1v) is 4.39. The molecule has 5 heteroatoms. The summed E-state index contributed by atoms with van der Waals surface area (Å²) < 4.78 is 0. The molecule has 0 aliphatic rings. The van der Waals surface area contributed by atoms with E-state index in [1.165, 1.54) is 7.11 Å². The second-order valence-electron chi connectivity index (χ2n) is 2.89. The van der Waals surface area contributed by atoms with Crippen molar-refractivity contribution < 1.29 is 9.63 Å². The van der Waals surface area contributed by atoms with E-state index in [-0.39, 0.29) is 18.3 Å². The fraction of sp³-hybridized carbons (Fsp3) is 0.300. The third-order valence-electron chi connectivity index (χ3n) is 1.91. The zero-order valence-corrected chi connectivity index (χ0v) is 9.37. The van der Waals surface area contributed by atoms with Crippen LogP contribution in [0.5, 0.6) is 0 Å². The average molecular weight is 231 g/mol. The Kier molecular flexibility index (Phi) is 6.70. The molecule has 0 radical (unpaired) electrons. The highest BCUT2D eigenvalue weighted by Crippen LogP contribution is 2.03. The van der Waals surface area contributed by atoms with E-state index in [1.807, 2.05) is 30.3 Å². The number of nitrogens with zero attached hydrogens (tertiary/aromatic N) is 1. The number of nitrogens with two attached hydrogens (primary N) is 1. The number of hydrazine groups is 1. The third kappa shape index (κ3) is 4.78. The van der Waals surface area contributed by atoms with Gasteiger partial charge in [-0.25, -0.2) is 5.84 Å². The van der Waals surface area contributed by atoms with Gasteiger partial charge in [0.05, 0.1) is 7.11 Å². The Bertz CT molecular complexity index is 293. The molecule has 0 unspecified atom stereocenters. The third-order valence-corrected chi connectivity index (χ3v) is 1.91. The highest BCUT2D eigenvalue weighted by molar-refractivity contribution is 5.85. The number of amides is 1. The number of carbonyl (C=O) groups is 1. The molecule has 1 amide bonds. The Balaban J connectivity index is 0.00000196. The molecule has 0 saturated heterocycles. The van der Waals surface area contributed by atoms with Crippen LogP contribution in [-0.2, 0) is 16.1 Å². The highest BCUT2D eigenvalue weighted by atomic mass is 35.5. The molecule has 0 atom stereocenters. The van der Waals surface area contributed by atoms with E-state index in [2.05, 4.69) is 4.84 Å². The summed E-state index contributed by atoms with van der Waals surface area (Å²) >= 11 is 0. The van der Waals surface area contributed by atoms with Crippen LogP contribution in [0.25, 0.3) is 0 Å². The van der Waals surface area contributed by atoms with Crippen LogP contribution >= 0.6 is 12.4 Å². The predicted octanol–water partition coefficient (Wildman–Crippen LogP) is 1.30. The van der Waals surface area contributed by atoms with Crippen molar-refractivity contribution >= 4 is 18.3 Å². The minimum atomic E-state index is -0.226. The molecule has 2 N–H and O–H groups in total. The van der Waals surface area contributed by atoms with Gasteiger partial charge in [0, 0.05) is 6.42 Å². The molecule has 4 nitrogen and oxygen atoms in total. The lowest BCUT2D eigenvalue weighted by atomic mass is 10.1. The van der Waals surface area contributed by atoms with Gasteiger partial charge in [-0.3, -0.25) is 9.63 Å². The van der Waals surface area contributed by atoms with Crippen LogP contribution in [0.2, 0.25) is 0 Å². The van der Waals surface area contributed by atoms with Gasteiger partial charge in [0.25, 0.3) is 5.91 Å². The van der Waals surface area contributed by atoms with Crippen molar-refractivity contribution in [2.45, 2.75) is 12.8 Å². The molecule has 1 rings (SSSR count). The van der Waals surface area contributed by atoms with E-state index >= 15 is 0 Å². The quantitative estimate of drug-likeness (QED) is 0.482. The molecule has 0 heterocycles. The molecule has 1 aromatic rings. The van der Waals surface area contributed by atoms with Crippen LogP contribution in [0.4, 0.5) is 0 Å². The first-order valence-electron chi connectivity index (χ1n) is 4.39. The summed E-state index contributed by atoms with van der Waals surface area (Å²) in [6, 6.07) is 9.77. The molecule has 84 valence electrons. The van der Waals surface area contributed by atoms with E-state index in [1.54, 1.807) is 0 Å². The summed E-state index contributed by atoms with van der Waals surface area (Å²) in [5.41, 5.74) is 1.12. The lowest BCUT2D eigenvalue weighted by molar-refractivity contribution is -0.177. The van der Waals surface area contributed by atoms with Crippen LogP contribution in [0.1, 0.15) is 12.0 Å². The number of aryl methyl sites for hydroxylation is 1. The van der Waals surface area contributed by atoms with Gasteiger partial charge in [-0.05, 0) is 12.0 Å². The average Bonchev–Trinajstić information content (AvgIpc) is 2.26. The topological polar surface area (TPSA) is 55.6 Å². The number of hydroxylamine groups is 1. The van der Waals surface area contributed by atoms with Crippen LogP contribution in [0.15, 0.2) is 30.3 Å². The lowest BCUT2D eigenvalue weighted by Crippen LogP contribution is -2.36. The number of halogens is 1. The second kappa shape index (κ2) is 7.23. The van der Waals surface area contributed by atoms with Gasteiger partial charge in [0.15, 0.2) is 0 Å². The summed E-state index contributed by atoms with van der Waals surface area (Å²) in [5, 5.41) is 0.753. The van der Waals surface area contributed by atoms with Gasteiger partial charge in [0.2, 0.25) is 0 Å². The largest absolute Gasteiger partial charge is 0.271 e. The molecule has 15 heavy (non-hydrogen) atoms. The number of carbonyl (C=O) groups excluding carboxylic acids is 1. The molecular weight excluding hydrogens is 216 g/mol. The van der Waals surface area contributed by atoms with Gasteiger partial charge in [-0.15, -0.1) is 12.4 Å². The molecule has 1 aromatic carbocycles. The predicted molar refractivity (Wildman–Crippen MR) is 60.1 cm³/mol. The van der Waals surface area contributed by atoms with Crippen molar-refractivity contribution in [3.63, 3.8) is 0 Å². The molecule has 0 aliphatic heterocycles. The van der Waals surface area contributed by atoms with Crippen molar-refractivity contribution in [1.82, 2.24) is 5.17 Å². The van der Waals surface area contributed by atoms with Crippen LogP contribution < -0.4 is 5.84 Å². The Morgan fingerprint density at radius 3 is 2.53 bits per heavy atom. The van der Waals surface area contributed by atoms with Gasteiger partial charge in [-0.1, -0.05) is 30.3 Å². The monoisotopic (exact) mass is 230 g/mol. The van der Waals surface area contributed by atoms with Crippen LogP contribution in [0.3, 0.4) is 0 Å². The Morgan fingerprint density at radius 2 is 2.00 bits per heavy atom. The lowest BCUT2D eigenvalue weighted by Gasteiger charge is -2.12. The van der Waals surface area contributed by atoms with E-state index in [0.29, 0.717) is 12.8 Å². The first kappa shape index (κ1) is 13.9. The van der Waals surface area contributed by atoms with E-state index in [9.17, 15) is 4.79 Å². The molecule has 0 saturated carbocycles. The maximum atomic E-state index is 11.2. The van der Waals surface area contributed by atoms with Crippen LogP contribution in [0, 0.1) is 0 Å². The van der Waals surface area contributed by atoms with Gasteiger partial charge in [0.1, 0.15) is 0 Å². The molecule has 0 spiro atoms. The molecule has 0 fully saturated rings. The van der Waals surface area contributed by atoms with Crippen molar-refractivity contribution in [1.29, 1.82) is 0 Å². The zero-order chi connectivity index (χ0) is 10.4. The minimum absolute atomic E-state index is 0. The Morgan fingerprint density at radius 1 is 1.40 bits per heavy atom. The standard InChI is InChI=1S/C10H14N2O2.ClH/c1-14-12(11)10(13)8-7-9-5-3-2-4-6-9;/h2-6H,7-8,11H2,1H3;1H. The minimum Gasteiger partial charge on any atom is -0.271 e. The van der Waals surface area contributed by atoms with E-state index in [0.717, 1.165) is 10.7 Å². The van der Waals surface area contributed by atoms with Gasteiger partial charge >= 0.3 is 0 Å².